The average Bonchev–Trinajstić information content (AvgIpc) is 2.71. The highest BCUT2D eigenvalue weighted by Crippen LogP contribution is 2.28. The van der Waals surface area contributed by atoms with E-state index in [9.17, 15) is 9.90 Å². The molecule has 0 saturated heterocycles. The average molecular weight is 276 g/mol. The molecule has 0 amide bonds. The van der Waals surface area contributed by atoms with Gasteiger partial charge in [-0.3, -0.25) is 0 Å². The van der Waals surface area contributed by atoms with Crippen LogP contribution in [0.3, 0.4) is 0 Å². The third-order valence-corrected chi connectivity index (χ3v) is 3.56. The molecule has 0 aliphatic carbocycles. The van der Waals surface area contributed by atoms with Gasteiger partial charge in [0.15, 0.2) is 0 Å². The number of rotatable bonds is 5. The number of aromatic nitrogens is 2. The molecule has 0 aliphatic heterocycles. The number of fused-ring (bicyclic) bond motifs is 1. The molecule has 1 heterocycles. The Kier molecular flexibility index (Phi) is 4.09. The van der Waals surface area contributed by atoms with Crippen LogP contribution in [0.5, 0.6) is 0 Å². The molecule has 0 aliphatic rings. The molecule has 0 radical (unpaired) electrons. The molecule has 108 valence electrons. The van der Waals surface area contributed by atoms with Crippen molar-refractivity contribution in [2.45, 2.75) is 26.8 Å². The molecular weight excluding hydrogens is 256 g/mol. The Hall–Kier alpha value is -1.88. The van der Waals surface area contributed by atoms with E-state index in [0.29, 0.717) is 23.6 Å². The van der Waals surface area contributed by atoms with Gasteiger partial charge in [-0.05, 0) is 25.0 Å². The number of hydrogen-bond acceptors (Lipinski definition) is 3. The second-order valence-electron chi connectivity index (χ2n) is 5.27. The van der Waals surface area contributed by atoms with Crippen LogP contribution >= 0.6 is 0 Å². The van der Waals surface area contributed by atoms with E-state index in [-0.39, 0.29) is 11.6 Å². The van der Waals surface area contributed by atoms with E-state index in [2.05, 4.69) is 18.8 Å². The first-order valence-electron chi connectivity index (χ1n) is 6.67. The van der Waals surface area contributed by atoms with Crippen LogP contribution in [0.1, 0.15) is 36.1 Å². The number of aryl methyl sites for hydroxylation is 1. The smallest absolute Gasteiger partial charge is 0.337 e. The van der Waals surface area contributed by atoms with E-state index < -0.39 is 5.97 Å². The Balaban J connectivity index is 2.73. The number of para-hydroxylation sites is 1. The van der Waals surface area contributed by atoms with Gasteiger partial charge in [0.2, 0.25) is 0 Å². The number of carbonyl (C=O) groups is 1. The van der Waals surface area contributed by atoms with E-state index in [0.717, 1.165) is 5.82 Å². The minimum atomic E-state index is -0.934. The standard InChI is InChI=1S/C15H20N2O3/c1-9(2)13(8-20-4)17-10(3)16-12-7-5-6-11(14(12)17)15(18)19/h5-7,9,13H,8H2,1-4H3,(H,18,19). The summed E-state index contributed by atoms with van der Waals surface area (Å²) in [5.74, 6) is 0.189. The van der Waals surface area contributed by atoms with Gasteiger partial charge in [0, 0.05) is 7.11 Å². The maximum absolute atomic E-state index is 11.5. The summed E-state index contributed by atoms with van der Waals surface area (Å²) in [7, 11) is 1.65. The van der Waals surface area contributed by atoms with Gasteiger partial charge in [-0.25, -0.2) is 9.78 Å². The van der Waals surface area contributed by atoms with Crippen molar-refractivity contribution in [2.75, 3.05) is 13.7 Å². The van der Waals surface area contributed by atoms with Crippen molar-refractivity contribution in [1.29, 1.82) is 0 Å². The Morgan fingerprint density at radius 2 is 2.15 bits per heavy atom. The van der Waals surface area contributed by atoms with E-state index >= 15 is 0 Å². The third-order valence-electron chi connectivity index (χ3n) is 3.56. The predicted octanol–water partition coefficient (Wildman–Crippen LogP) is 2.89. The van der Waals surface area contributed by atoms with Crippen molar-refractivity contribution >= 4 is 17.0 Å². The summed E-state index contributed by atoms with van der Waals surface area (Å²) in [5.41, 5.74) is 1.67. The number of methoxy groups -OCH3 is 1. The van der Waals surface area contributed by atoms with E-state index in [1.54, 1.807) is 19.2 Å². The van der Waals surface area contributed by atoms with Crippen LogP contribution in [0.2, 0.25) is 0 Å². The maximum Gasteiger partial charge on any atom is 0.337 e. The largest absolute Gasteiger partial charge is 0.478 e. The zero-order valence-corrected chi connectivity index (χ0v) is 12.3. The molecule has 1 aromatic carbocycles. The Morgan fingerprint density at radius 3 is 2.70 bits per heavy atom. The van der Waals surface area contributed by atoms with Crippen LogP contribution in [0.4, 0.5) is 0 Å². The van der Waals surface area contributed by atoms with Crippen LogP contribution < -0.4 is 0 Å². The van der Waals surface area contributed by atoms with Gasteiger partial charge in [-0.15, -0.1) is 0 Å². The van der Waals surface area contributed by atoms with E-state index in [4.69, 9.17) is 4.74 Å². The van der Waals surface area contributed by atoms with Gasteiger partial charge in [0.05, 0.1) is 29.2 Å². The van der Waals surface area contributed by atoms with E-state index in [1.165, 1.54) is 0 Å². The minimum absolute atomic E-state index is 0.0606. The summed E-state index contributed by atoms with van der Waals surface area (Å²) in [6, 6.07) is 5.25. The van der Waals surface area contributed by atoms with Gasteiger partial charge in [-0.1, -0.05) is 19.9 Å². The fourth-order valence-corrected chi connectivity index (χ4v) is 2.58. The molecule has 1 N–H and O–H groups in total. The molecule has 5 nitrogen and oxygen atoms in total. The lowest BCUT2D eigenvalue weighted by atomic mass is 10.0. The second-order valence-corrected chi connectivity index (χ2v) is 5.27. The molecule has 5 heteroatoms. The molecule has 2 rings (SSSR count). The van der Waals surface area contributed by atoms with E-state index in [1.807, 2.05) is 17.6 Å². The molecule has 0 fully saturated rings. The van der Waals surface area contributed by atoms with Crippen molar-refractivity contribution in [3.05, 3.63) is 29.6 Å². The molecule has 0 saturated carbocycles. The molecule has 1 aromatic heterocycles. The lowest BCUT2D eigenvalue weighted by molar-refractivity contribution is 0.0698. The summed E-state index contributed by atoms with van der Waals surface area (Å²) < 4.78 is 7.29. The fourth-order valence-electron chi connectivity index (χ4n) is 2.58. The summed E-state index contributed by atoms with van der Waals surface area (Å²) in [6.45, 7) is 6.62. The molecular formula is C15H20N2O3. The minimum Gasteiger partial charge on any atom is -0.478 e. The molecule has 0 bridgehead atoms. The van der Waals surface area contributed by atoms with Crippen LogP contribution in [0, 0.1) is 12.8 Å². The number of hydrogen-bond donors (Lipinski definition) is 1. The maximum atomic E-state index is 11.5. The SMILES string of the molecule is COCC(C(C)C)n1c(C)nc2cccc(C(=O)O)c21. The number of carboxylic acids is 1. The van der Waals surface area contributed by atoms with Crippen LogP contribution in [-0.2, 0) is 4.74 Å². The van der Waals surface area contributed by atoms with Crippen molar-refractivity contribution in [3.8, 4) is 0 Å². The Morgan fingerprint density at radius 1 is 1.45 bits per heavy atom. The number of benzene rings is 1. The highest BCUT2D eigenvalue weighted by molar-refractivity contribution is 6.01. The fraction of sp³-hybridized carbons (Fsp3) is 0.467. The van der Waals surface area contributed by atoms with Crippen molar-refractivity contribution < 1.29 is 14.6 Å². The summed E-state index contributed by atoms with van der Waals surface area (Å²) >= 11 is 0. The van der Waals surface area contributed by atoms with Crippen molar-refractivity contribution in [2.24, 2.45) is 5.92 Å². The van der Waals surface area contributed by atoms with Crippen LogP contribution in [-0.4, -0.2) is 34.3 Å². The summed E-state index contributed by atoms with van der Waals surface area (Å²) in [5, 5.41) is 9.39. The second kappa shape index (κ2) is 5.63. The van der Waals surface area contributed by atoms with Gasteiger partial charge in [0.25, 0.3) is 0 Å². The zero-order valence-electron chi connectivity index (χ0n) is 12.3. The van der Waals surface area contributed by atoms with Crippen molar-refractivity contribution in [3.63, 3.8) is 0 Å². The third kappa shape index (κ3) is 2.41. The summed E-state index contributed by atoms with van der Waals surface area (Å²) in [4.78, 5) is 15.9. The van der Waals surface area contributed by atoms with Gasteiger partial charge in [-0.2, -0.15) is 0 Å². The highest BCUT2D eigenvalue weighted by Gasteiger charge is 2.23. The topological polar surface area (TPSA) is 64.4 Å². The van der Waals surface area contributed by atoms with Crippen LogP contribution in [0.15, 0.2) is 18.2 Å². The quantitative estimate of drug-likeness (QED) is 0.912. The lowest BCUT2D eigenvalue weighted by Gasteiger charge is -2.24. The normalized spacial score (nSPS) is 13.1. The molecule has 20 heavy (non-hydrogen) atoms. The molecule has 1 atom stereocenters. The highest BCUT2D eigenvalue weighted by atomic mass is 16.5. The number of carboxylic acid groups (broad SMARTS) is 1. The molecule has 2 aromatic rings. The van der Waals surface area contributed by atoms with Crippen LogP contribution in [0.25, 0.3) is 11.0 Å². The van der Waals surface area contributed by atoms with Gasteiger partial charge < -0.3 is 14.4 Å². The predicted molar refractivity (Wildman–Crippen MR) is 77.2 cm³/mol. The molecule has 0 spiro atoms. The first kappa shape index (κ1) is 14.5. The first-order chi connectivity index (χ1) is 9.47. The van der Waals surface area contributed by atoms with Crippen molar-refractivity contribution in [1.82, 2.24) is 9.55 Å². The summed E-state index contributed by atoms with van der Waals surface area (Å²) in [6.07, 6.45) is 0. The first-order valence-corrected chi connectivity index (χ1v) is 6.67. The lowest BCUT2D eigenvalue weighted by Crippen LogP contribution is -2.22. The van der Waals surface area contributed by atoms with Gasteiger partial charge >= 0.3 is 5.97 Å². The monoisotopic (exact) mass is 276 g/mol. The molecule has 1 unspecified atom stereocenters. The number of aromatic carboxylic acids is 1. The van der Waals surface area contributed by atoms with Gasteiger partial charge in [0.1, 0.15) is 5.82 Å². The Labute approximate surface area is 118 Å². The number of ether oxygens (including phenoxy) is 1. The zero-order chi connectivity index (χ0) is 14.9. The number of nitrogens with zero attached hydrogens (tertiary/aromatic N) is 2. The Bertz CT molecular complexity index is 631. The number of imidazole rings is 1.